The summed E-state index contributed by atoms with van der Waals surface area (Å²) in [5.74, 6) is -1.34. The van der Waals surface area contributed by atoms with Crippen molar-refractivity contribution in [3.05, 3.63) is 29.8 Å². The zero-order valence-corrected chi connectivity index (χ0v) is 9.04. The third-order valence-corrected chi connectivity index (χ3v) is 2.96. The van der Waals surface area contributed by atoms with Gasteiger partial charge in [-0.3, -0.25) is 4.79 Å². The van der Waals surface area contributed by atoms with Crippen LogP contribution in [0.5, 0.6) is 0 Å². The molecule has 92 valence electrons. The van der Waals surface area contributed by atoms with Crippen molar-refractivity contribution >= 4 is 11.7 Å². The number of fused-ring (bicyclic) bond motifs is 1. The van der Waals surface area contributed by atoms with Crippen LogP contribution in [0.25, 0.3) is 0 Å². The average molecular weight is 238 g/mol. The average Bonchev–Trinajstić information content (AvgIpc) is 2.67. The van der Waals surface area contributed by atoms with Crippen molar-refractivity contribution in [1.29, 1.82) is 0 Å². The molecule has 0 spiro atoms. The molecule has 0 saturated carbocycles. The van der Waals surface area contributed by atoms with Gasteiger partial charge in [-0.25, -0.2) is 10.1 Å². The van der Waals surface area contributed by atoms with Crippen molar-refractivity contribution in [3.8, 4) is 0 Å². The summed E-state index contributed by atoms with van der Waals surface area (Å²) in [6.45, 7) is 0. The maximum Gasteiger partial charge on any atom is 0.320 e. The Morgan fingerprint density at radius 2 is 2.24 bits per heavy atom. The standard InChI is InChI=1S/C11H14N2O4/c12-8(11(14)15)5-7-6-3-1-2-4-9(6)13-10(7)17-16/h1-4,7-8,10,13,16H,5,12H2,(H,14,15)/t7-,8+,10-/m1/s1. The van der Waals surface area contributed by atoms with Crippen molar-refractivity contribution in [2.45, 2.75) is 24.6 Å². The van der Waals surface area contributed by atoms with Gasteiger partial charge < -0.3 is 16.2 Å². The highest BCUT2D eigenvalue weighted by Gasteiger charge is 2.35. The van der Waals surface area contributed by atoms with E-state index in [0.717, 1.165) is 11.3 Å². The highest BCUT2D eigenvalue weighted by atomic mass is 17.1. The molecule has 0 bridgehead atoms. The fraction of sp³-hybridized carbons (Fsp3) is 0.364. The number of nitrogens with two attached hydrogens (primary N) is 1. The first-order valence-electron chi connectivity index (χ1n) is 5.27. The molecule has 6 nitrogen and oxygen atoms in total. The van der Waals surface area contributed by atoms with E-state index < -0.39 is 18.2 Å². The molecule has 0 radical (unpaired) electrons. The van der Waals surface area contributed by atoms with Crippen molar-refractivity contribution in [2.75, 3.05) is 5.32 Å². The highest BCUT2D eigenvalue weighted by Crippen LogP contribution is 2.38. The monoisotopic (exact) mass is 238 g/mol. The number of hydrogen-bond donors (Lipinski definition) is 4. The summed E-state index contributed by atoms with van der Waals surface area (Å²) >= 11 is 0. The Morgan fingerprint density at radius 1 is 1.53 bits per heavy atom. The van der Waals surface area contributed by atoms with E-state index in [1.54, 1.807) is 0 Å². The molecule has 0 unspecified atom stereocenters. The number of carboxylic acids is 1. The summed E-state index contributed by atoms with van der Waals surface area (Å²) < 4.78 is 0. The van der Waals surface area contributed by atoms with E-state index >= 15 is 0 Å². The van der Waals surface area contributed by atoms with Crippen LogP contribution >= 0.6 is 0 Å². The molecule has 6 heteroatoms. The minimum absolute atomic E-state index is 0.199. The van der Waals surface area contributed by atoms with Crippen LogP contribution in [0, 0.1) is 0 Å². The van der Waals surface area contributed by atoms with Gasteiger partial charge in [0.1, 0.15) is 6.04 Å². The molecule has 0 fully saturated rings. The van der Waals surface area contributed by atoms with E-state index in [2.05, 4.69) is 10.2 Å². The Hall–Kier alpha value is -1.63. The van der Waals surface area contributed by atoms with Crippen LogP contribution in [0.3, 0.4) is 0 Å². The summed E-state index contributed by atoms with van der Waals surface area (Å²) in [7, 11) is 0. The van der Waals surface area contributed by atoms with Gasteiger partial charge in [0, 0.05) is 11.6 Å². The smallest absolute Gasteiger partial charge is 0.320 e. The fourth-order valence-corrected chi connectivity index (χ4v) is 2.09. The summed E-state index contributed by atoms with van der Waals surface area (Å²) in [4.78, 5) is 15.1. The number of aliphatic carboxylic acids is 1. The van der Waals surface area contributed by atoms with Crippen LogP contribution in [-0.2, 0) is 9.68 Å². The van der Waals surface area contributed by atoms with Crippen LogP contribution in [-0.4, -0.2) is 28.6 Å². The summed E-state index contributed by atoms with van der Waals surface area (Å²) in [6.07, 6.45) is -0.456. The Morgan fingerprint density at radius 3 is 2.88 bits per heavy atom. The number of hydrogen-bond acceptors (Lipinski definition) is 5. The third-order valence-electron chi connectivity index (χ3n) is 2.96. The first-order chi connectivity index (χ1) is 8.13. The maximum atomic E-state index is 10.7. The molecule has 2 rings (SSSR count). The van der Waals surface area contributed by atoms with Gasteiger partial charge in [0.2, 0.25) is 0 Å². The predicted molar refractivity (Wildman–Crippen MR) is 60.5 cm³/mol. The van der Waals surface area contributed by atoms with Crippen LogP contribution < -0.4 is 11.1 Å². The molecule has 3 atom stereocenters. The Balaban J connectivity index is 2.21. The molecule has 0 amide bonds. The number of benzene rings is 1. The largest absolute Gasteiger partial charge is 0.480 e. The maximum absolute atomic E-state index is 10.7. The van der Waals surface area contributed by atoms with Gasteiger partial charge in [0.15, 0.2) is 6.23 Å². The lowest BCUT2D eigenvalue weighted by molar-refractivity contribution is -0.274. The van der Waals surface area contributed by atoms with Gasteiger partial charge in [0.05, 0.1) is 0 Å². The molecule has 0 aliphatic carbocycles. The Kier molecular flexibility index (Phi) is 3.28. The van der Waals surface area contributed by atoms with E-state index in [1.165, 1.54) is 0 Å². The van der Waals surface area contributed by atoms with E-state index in [4.69, 9.17) is 16.1 Å². The van der Waals surface area contributed by atoms with Gasteiger partial charge in [-0.15, -0.1) is 0 Å². The van der Waals surface area contributed by atoms with Crippen molar-refractivity contribution in [2.24, 2.45) is 5.73 Å². The third kappa shape index (κ3) is 2.23. The van der Waals surface area contributed by atoms with Crippen molar-refractivity contribution in [3.63, 3.8) is 0 Å². The number of nitrogens with one attached hydrogen (secondary N) is 1. The minimum atomic E-state index is -1.06. The molecule has 1 aliphatic heterocycles. The number of para-hydroxylation sites is 1. The van der Waals surface area contributed by atoms with Crippen LogP contribution in [0.15, 0.2) is 24.3 Å². The van der Waals surface area contributed by atoms with Gasteiger partial charge in [0.25, 0.3) is 0 Å². The summed E-state index contributed by atoms with van der Waals surface area (Å²) in [5.41, 5.74) is 7.24. The number of carboxylic acid groups (broad SMARTS) is 1. The predicted octanol–water partition coefficient (Wildman–Crippen LogP) is 0.813. The zero-order chi connectivity index (χ0) is 12.4. The zero-order valence-electron chi connectivity index (χ0n) is 9.04. The molecule has 1 aromatic carbocycles. The molecule has 1 heterocycles. The quantitative estimate of drug-likeness (QED) is 0.457. The Labute approximate surface area is 97.9 Å². The molecular formula is C11H14N2O4. The Bertz CT molecular complexity index is 424. The molecule has 0 aromatic heterocycles. The second-order valence-corrected chi connectivity index (χ2v) is 4.04. The number of carbonyl (C=O) groups is 1. The van der Waals surface area contributed by atoms with Gasteiger partial charge in [-0.1, -0.05) is 18.2 Å². The lowest BCUT2D eigenvalue weighted by Crippen LogP contribution is -2.35. The first-order valence-corrected chi connectivity index (χ1v) is 5.27. The molecule has 0 saturated heterocycles. The molecular weight excluding hydrogens is 224 g/mol. The highest BCUT2D eigenvalue weighted by molar-refractivity contribution is 5.73. The van der Waals surface area contributed by atoms with E-state index in [-0.39, 0.29) is 12.3 Å². The van der Waals surface area contributed by atoms with E-state index in [9.17, 15) is 4.79 Å². The van der Waals surface area contributed by atoms with Crippen LogP contribution in [0.2, 0.25) is 0 Å². The normalized spacial score (nSPS) is 23.9. The SMILES string of the molecule is N[C@@H](C[C@@H]1c2ccccc2N[C@@H]1OO)C(=O)O. The topological polar surface area (TPSA) is 105 Å². The van der Waals surface area contributed by atoms with Crippen molar-refractivity contribution < 1.29 is 20.0 Å². The van der Waals surface area contributed by atoms with Gasteiger partial charge in [-0.05, 0) is 18.1 Å². The lowest BCUT2D eigenvalue weighted by Gasteiger charge is -2.18. The summed E-state index contributed by atoms with van der Waals surface area (Å²) in [6, 6.07) is 6.42. The second-order valence-electron chi connectivity index (χ2n) is 4.04. The molecule has 1 aromatic rings. The molecule has 1 aliphatic rings. The minimum Gasteiger partial charge on any atom is -0.480 e. The van der Waals surface area contributed by atoms with E-state index in [0.29, 0.717) is 0 Å². The van der Waals surface area contributed by atoms with E-state index in [1.807, 2.05) is 24.3 Å². The van der Waals surface area contributed by atoms with Gasteiger partial charge in [-0.2, -0.15) is 0 Å². The molecule has 5 N–H and O–H groups in total. The van der Waals surface area contributed by atoms with Crippen LogP contribution in [0.4, 0.5) is 5.69 Å². The number of anilines is 1. The van der Waals surface area contributed by atoms with Gasteiger partial charge >= 0.3 is 5.97 Å². The lowest BCUT2D eigenvalue weighted by atomic mass is 9.93. The summed E-state index contributed by atoms with van der Waals surface area (Å²) in [5, 5.41) is 20.6. The molecule has 17 heavy (non-hydrogen) atoms. The number of rotatable bonds is 4. The first kappa shape index (κ1) is 11.8. The van der Waals surface area contributed by atoms with Crippen molar-refractivity contribution in [1.82, 2.24) is 0 Å². The second kappa shape index (κ2) is 4.70. The van der Waals surface area contributed by atoms with Crippen LogP contribution in [0.1, 0.15) is 17.9 Å². The fourth-order valence-electron chi connectivity index (χ4n) is 2.09.